The molecule has 0 spiro atoms. The van der Waals surface area contributed by atoms with Crippen molar-refractivity contribution in [2.24, 2.45) is 11.7 Å². The van der Waals surface area contributed by atoms with E-state index in [1.54, 1.807) is 0 Å². The van der Waals surface area contributed by atoms with E-state index >= 15 is 0 Å². The molecule has 2 unspecified atom stereocenters. The van der Waals surface area contributed by atoms with Gasteiger partial charge in [-0.3, -0.25) is 4.79 Å². The van der Waals surface area contributed by atoms with Crippen LogP contribution in [0.25, 0.3) is 5.69 Å². The van der Waals surface area contributed by atoms with Gasteiger partial charge in [-0.1, -0.05) is 11.6 Å². The minimum absolute atomic E-state index is 0.0211. The number of nitrogens with two attached hydrogens (primary N) is 1. The maximum atomic E-state index is 13.3. The molecule has 0 bridgehead atoms. The number of nitrogens with one attached hydrogen (secondary N) is 1. The highest BCUT2D eigenvalue weighted by Gasteiger charge is 2.58. The van der Waals surface area contributed by atoms with Crippen LogP contribution in [0.3, 0.4) is 0 Å². The molecule has 1 saturated carbocycles. The van der Waals surface area contributed by atoms with Crippen LogP contribution >= 0.6 is 11.6 Å². The van der Waals surface area contributed by atoms with Gasteiger partial charge in [0.05, 0.1) is 22.1 Å². The van der Waals surface area contributed by atoms with Gasteiger partial charge >= 0.3 is 6.18 Å². The van der Waals surface area contributed by atoms with E-state index in [0.29, 0.717) is 17.7 Å². The Bertz CT molecular complexity index is 1370. The van der Waals surface area contributed by atoms with Gasteiger partial charge in [-0.05, 0) is 61.4 Å². The first-order valence-corrected chi connectivity index (χ1v) is 12.6. The highest BCUT2D eigenvalue weighted by Crippen LogP contribution is 2.47. The first-order chi connectivity index (χ1) is 16.9. The SMILES string of the molecule is NCC1(S(=O)(=O)c2ccc(F)cc2)CCC1C(=O)NCc1cn(-c2ccc(C(F)(F)F)cc2)nc1Cl. The van der Waals surface area contributed by atoms with Crippen LogP contribution in [-0.4, -0.2) is 35.4 Å². The van der Waals surface area contributed by atoms with Crippen molar-refractivity contribution in [1.29, 1.82) is 0 Å². The Hall–Kier alpha value is -2.96. The fraction of sp³-hybridized carbons (Fsp3) is 0.304. The maximum absolute atomic E-state index is 13.3. The number of amides is 1. The van der Waals surface area contributed by atoms with Gasteiger partial charge in [0.15, 0.2) is 15.0 Å². The molecular formula is C23H21ClF4N4O3S. The highest BCUT2D eigenvalue weighted by atomic mass is 35.5. The van der Waals surface area contributed by atoms with Crippen molar-refractivity contribution in [3.05, 3.63) is 76.8 Å². The van der Waals surface area contributed by atoms with Crippen LogP contribution in [0.5, 0.6) is 0 Å². The summed E-state index contributed by atoms with van der Waals surface area (Å²) in [6.07, 6.45) is -2.55. The molecule has 1 aliphatic rings. The van der Waals surface area contributed by atoms with Gasteiger partial charge < -0.3 is 11.1 Å². The van der Waals surface area contributed by atoms with E-state index in [4.69, 9.17) is 17.3 Å². The molecule has 1 aromatic heterocycles. The number of nitrogens with zero attached hydrogens (tertiary/aromatic N) is 2. The van der Waals surface area contributed by atoms with Crippen molar-refractivity contribution in [2.45, 2.75) is 35.2 Å². The smallest absolute Gasteiger partial charge is 0.352 e. The standard InChI is InChI=1S/C23H21ClF4N4O3S/c24-20-14(12-32(31-20)17-5-1-15(2-6-17)23(26,27)28)11-30-21(33)19-9-10-22(19,13-29)36(34,35)18-7-3-16(25)4-8-18/h1-8,12,19H,9-11,13,29H2,(H,30,33). The Balaban J connectivity index is 1.48. The number of hydrogen-bond acceptors (Lipinski definition) is 5. The van der Waals surface area contributed by atoms with E-state index in [1.165, 1.54) is 23.0 Å². The van der Waals surface area contributed by atoms with Crippen LogP contribution in [0.2, 0.25) is 5.15 Å². The quantitative estimate of drug-likeness (QED) is 0.347. The lowest BCUT2D eigenvalue weighted by molar-refractivity contribution is -0.137. The molecule has 0 aliphatic heterocycles. The maximum Gasteiger partial charge on any atom is 0.416 e. The van der Waals surface area contributed by atoms with Gasteiger partial charge in [0, 0.05) is 24.8 Å². The molecule has 2 atom stereocenters. The normalized spacial score (nSPS) is 20.1. The fourth-order valence-corrected chi connectivity index (χ4v) is 6.62. The third-order valence-electron chi connectivity index (χ3n) is 6.46. The number of halogens is 5. The number of carbonyl (C=O) groups excluding carboxylic acids is 1. The van der Waals surface area contributed by atoms with Gasteiger partial charge in [0.25, 0.3) is 0 Å². The molecule has 192 valence electrons. The molecule has 3 N–H and O–H groups in total. The number of aromatic nitrogens is 2. The largest absolute Gasteiger partial charge is 0.416 e. The van der Waals surface area contributed by atoms with Gasteiger partial charge in [-0.2, -0.15) is 18.3 Å². The average Bonchev–Trinajstić information content (AvgIpc) is 3.18. The zero-order valence-corrected chi connectivity index (χ0v) is 20.2. The van der Waals surface area contributed by atoms with E-state index < -0.39 is 44.0 Å². The van der Waals surface area contributed by atoms with Crippen molar-refractivity contribution in [3.8, 4) is 5.69 Å². The molecule has 7 nitrogen and oxygen atoms in total. The lowest BCUT2D eigenvalue weighted by atomic mass is 9.72. The number of hydrogen-bond donors (Lipinski definition) is 2. The Morgan fingerprint density at radius 3 is 2.33 bits per heavy atom. The zero-order valence-electron chi connectivity index (χ0n) is 18.6. The van der Waals surface area contributed by atoms with Crippen molar-refractivity contribution in [2.75, 3.05) is 6.54 Å². The second kappa shape index (κ2) is 9.49. The number of rotatable bonds is 7. The third-order valence-corrected chi connectivity index (χ3v) is 9.40. The Morgan fingerprint density at radius 2 is 1.81 bits per heavy atom. The summed E-state index contributed by atoms with van der Waals surface area (Å²) < 4.78 is 78.0. The molecule has 0 radical (unpaired) electrons. The Kier molecular flexibility index (Phi) is 6.88. The number of carbonyl (C=O) groups is 1. The van der Waals surface area contributed by atoms with Crippen LogP contribution in [-0.2, 0) is 27.4 Å². The summed E-state index contributed by atoms with van der Waals surface area (Å²) in [5, 5.41) is 6.74. The Morgan fingerprint density at radius 1 is 1.17 bits per heavy atom. The van der Waals surface area contributed by atoms with Crippen molar-refractivity contribution >= 4 is 27.3 Å². The molecule has 4 rings (SSSR count). The van der Waals surface area contributed by atoms with Crippen LogP contribution < -0.4 is 11.1 Å². The number of benzene rings is 2. The lowest BCUT2D eigenvalue weighted by Gasteiger charge is -2.46. The van der Waals surface area contributed by atoms with Crippen molar-refractivity contribution in [1.82, 2.24) is 15.1 Å². The molecule has 0 saturated heterocycles. The topological polar surface area (TPSA) is 107 Å². The summed E-state index contributed by atoms with van der Waals surface area (Å²) in [5.41, 5.74) is 5.75. The first-order valence-electron chi connectivity index (χ1n) is 10.8. The average molecular weight is 545 g/mol. The van der Waals surface area contributed by atoms with Crippen molar-refractivity contribution < 1.29 is 30.8 Å². The second-order valence-corrected chi connectivity index (χ2v) is 11.1. The van der Waals surface area contributed by atoms with E-state index in [0.717, 1.165) is 36.4 Å². The van der Waals surface area contributed by atoms with E-state index in [9.17, 15) is 30.8 Å². The van der Waals surface area contributed by atoms with Gasteiger partial charge in [0.2, 0.25) is 5.91 Å². The van der Waals surface area contributed by atoms with Crippen LogP contribution in [0.1, 0.15) is 24.0 Å². The predicted molar refractivity (Wildman–Crippen MR) is 124 cm³/mol. The van der Waals surface area contributed by atoms with E-state index in [2.05, 4.69) is 10.4 Å². The minimum Gasteiger partial charge on any atom is -0.352 e. The Labute approximate surface area is 209 Å². The van der Waals surface area contributed by atoms with Crippen LogP contribution in [0.15, 0.2) is 59.6 Å². The fourth-order valence-electron chi connectivity index (χ4n) is 4.25. The predicted octanol–water partition coefficient (Wildman–Crippen LogP) is 3.88. The summed E-state index contributed by atoms with van der Waals surface area (Å²) in [7, 11) is -4.04. The highest BCUT2D eigenvalue weighted by molar-refractivity contribution is 7.93. The zero-order chi connectivity index (χ0) is 26.3. The van der Waals surface area contributed by atoms with Crippen molar-refractivity contribution in [3.63, 3.8) is 0 Å². The van der Waals surface area contributed by atoms with E-state index in [-0.39, 0.29) is 29.6 Å². The second-order valence-electron chi connectivity index (χ2n) is 8.47. The van der Waals surface area contributed by atoms with Gasteiger partial charge in [-0.15, -0.1) is 0 Å². The summed E-state index contributed by atoms with van der Waals surface area (Å²) in [4.78, 5) is 12.8. The van der Waals surface area contributed by atoms with Gasteiger partial charge in [0.1, 0.15) is 10.6 Å². The number of sulfone groups is 1. The summed E-state index contributed by atoms with van der Waals surface area (Å²) in [5.74, 6) is -2.07. The van der Waals surface area contributed by atoms with Crippen LogP contribution in [0.4, 0.5) is 17.6 Å². The molecule has 3 aromatic rings. The molecule has 2 aromatic carbocycles. The summed E-state index contributed by atoms with van der Waals surface area (Å²) in [6, 6.07) is 8.64. The summed E-state index contributed by atoms with van der Waals surface area (Å²) >= 11 is 6.15. The molecule has 1 amide bonds. The molecular weight excluding hydrogens is 524 g/mol. The monoisotopic (exact) mass is 544 g/mol. The van der Waals surface area contributed by atoms with Crippen LogP contribution in [0, 0.1) is 11.7 Å². The first kappa shape index (κ1) is 26.1. The third kappa shape index (κ3) is 4.60. The lowest BCUT2D eigenvalue weighted by Crippen LogP contribution is -2.62. The number of alkyl halides is 3. The molecule has 13 heteroatoms. The molecule has 1 fully saturated rings. The molecule has 1 heterocycles. The van der Waals surface area contributed by atoms with E-state index in [1.807, 2.05) is 0 Å². The summed E-state index contributed by atoms with van der Waals surface area (Å²) in [6.45, 7) is -0.385. The van der Waals surface area contributed by atoms with Gasteiger partial charge in [-0.25, -0.2) is 17.5 Å². The molecule has 1 aliphatic carbocycles. The molecule has 36 heavy (non-hydrogen) atoms. The minimum atomic E-state index is -4.47.